The Hall–Kier alpha value is 0.380. The van der Waals surface area contributed by atoms with Crippen LogP contribution in [-0.2, 0) is 0 Å². The van der Waals surface area contributed by atoms with Crippen molar-refractivity contribution in [3.63, 3.8) is 0 Å². The smallest absolute Gasteiger partial charge is 0.100 e. The molecular formula is C9H6Cl4. The van der Waals surface area contributed by atoms with E-state index >= 15 is 0 Å². The highest BCUT2D eigenvalue weighted by molar-refractivity contribution is 6.45. The number of halogens is 4. The Bertz CT molecular complexity index is 294. The first-order valence-electron chi connectivity index (χ1n) is 3.48. The lowest BCUT2D eigenvalue weighted by Gasteiger charge is -2.09. The van der Waals surface area contributed by atoms with Crippen LogP contribution in [0, 0.1) is 6.92 Å². The number of benzene rings is 1. The monoisotopic (exact) mass is 254 g/mol. The molecule has 0 bridgehead atoms. The predicted octanol–water partition coefficient (Wildman–Crippen LogP) is 4.70. The van der Waals surface area contributed by atoms with Crippen molar-refractivity contribution in [2.45, 2.75) is 9.67 Å². The van der Waals surface area contributed by atoms with Gasteiger partial charge in [0, 0.05) is 0 Å². The van der Waals surface area contributed by atoms with Crippen molar-refractivity contribution < 1.29 is 0 Å². The third-order valence-corrected chi connectivity index (χ3v) is 2.57. The summed E-state index contributed by atoms with van der Waals surface area (Å²) in [5, 5.41) is 0. The highest BCUT2D eigenvalue weighted by Gasteiger charge is 2.10. The summed E-state index contributed by atoms with van der Waals surface area (Å²) in [6.45, 7) is 5.64. The standard InChI is InChI=1S/C9H6Cl4/c1-5-2-3-6(8(10)11)4-7(5)9(12)13/h1-4,8-9H. The average Bonchev–Trinajstić information content (AvgIpc) is 2.04. The van der Waals surface area contributed by atoms with Gasteiger partial charge in [-0.3, -0.25) is 0 Å². The van der Waals surface area contributed by atoms with Crippen LogP contribution in [0.4, 0.5) is 0 Å². The number of hydrogen-bond acceptors (Lipinski definition) is 0. The number of hydrogen-bond donors (Lipinski definition) is 0. The zero-order valence-corrected chi connectivity index (χ0v) is 9.50. The minimum absolute atomic E-state index is 0.535. The molecule has 0 amide bonds. The van der Waals surface area contributed by atoms with E-state index in [1.807, 2.05) is 0 Å². The molecule has 1 aromatic carbocycles. The Labute approximate surface area is 97.7 Å². The van der Waals surface area contributed by atoms with Gasteiger partial charge in [-0.1, -0.05) is 18.2 Å². The molecule has 0 fully saturated rings. The lowest BCUT2D eigenvalue weighted by Crippen LogP contribution is -1.91. The molecule has 0 aliphatic heterocycles. The van der Waals surface area contributed by atoms with Gasteiger partial charge in [-0.15, -0.1) is 46.4 Å². The fraction of sp³-hybridized carbons (Fsp3) is 0.222. The van der Waals surface area contributed by atoms with Gasteiger partial charge in [-0.25, -0.2) is 0 Å². The summed E-state index contributed by atoms with van der Waals surface area (Å²) in [4.78, 5) is -1.25. The highest BCUT2D eigenvalue weighted by Crippen LogP contribution is 2.32. The third kappa shape index (κ3) is 2.92. The van der Waals surface area contributed by atoms with Gasteiger partial charge in [0.2, 0.25) is 0 Å². The van der Waals surface area contributed by atoms with E-state index in [0.717, 1.165) is 5.56 Å². The molecule has 70 valence electrons. The van der Waals surface area contributed by atoms with E-state index in [-0.39, 0.29) is 0 Å². The molecular weight excluding hydrogens is 250 g/mol. The van der Waals surface area contributed by atoms with Gasteiger partial charge in [-0.05, 0) is 23.6 Å². The molecule has 2 radical (unpaired) electrons. The molecule has 1 rings (SSSR count). The minimum Gasteiger partial charge on any atom is -0.100 e. The highest BCUT2D eigenvalue weighted by atomic mass is 35.5. The first-order valence-corrected chi connectivity index (χ1v) is 5.22. The lowest BCUT2D eigenvalue weighted by atomic mass is 10.1. The fourth-order valence-corrected chi connectivity index (χ4v) is 1.57. The average molecular weight is 256 g/mol. The summed E-state index contributed by atoms with van der Waals surface area (Å²) >= 11 is 22.7. The number of rotatable bonds is 2. The van der Waals surface area contributed by atoms with Gasteiger partial charge >= 0.3 is 0 Å². The van der Waals surface area contributed by atoms with Crippen molar-refractivity contribution in [3.8, 4) is 0 Å². The van der Waals surface area contributed by atoms with Crippen LogP contribution in [0.25, 0.3) is 0 Å². The third-order valence-electron chi connectivity index (χ3n) is 1.60. The first-order chi connectivity index (χ1) is 6.02. The normalized spacial score (nSPS) is 11.3. The summed E-state index contributed by atoms with van der Waals surface area (Å²) in [7, 11) is 0. The maximum absolute atomic E-state index is 5.68. The Kier molecular flexibility index (Phi) is 4.18. The Morgan fingerprint density at radius 1 is 1.00 bits per heavy atom. The molecule has 0 spiro atoms. The van der Waals surface area contributed by atoms with Crippen LogP contribution < -0.4 is 0 Å². The summed E-state index contributed by atoms with van der Waals surface area (Å²) in [6, 6.07) is 5.12. The van der Waals surface area contributed by atoms with Crippen molar-refractivity contribution in [1.29, 1.82) is 0 Å². The van der Waals surface area contributed by atoms with E-state index in [9.17, 15) is 0 Å². The molecule has 13 heavy (non-hydrogen) atoms. The van der Waals surface area contributed by atoms with Crippen LogP contribution in [0.3, 0.4) is 0 Å². The van der Waals surface area contributed by atoms with Crippen molar-refractivity contribution in [2.24, 2.45) is 0 Å². The van der Waals surface area contributed by atoms with E-state index in [4.69, 9.17) is 53.3 Å². The fourth-order valence-electron chi connectivity index (χ4n) is 0.918. The van der Waals surface area contributed by atoms with Crippen LogP contribution in [0.2, 0.25) is 0 Å². The van der Waals surface area contributed by atoms with Crippen LogP contribution >= 0.6 is 46.4 Å². The number of alkyl halides is 4. The molecule has 4 heteroatoms. The second kappa shape index (κ2) is 4.75. The van der Waals surface area contributed by atoms with E-state index in [0.29, 0.717) is 11.1 Å². The Morgan fingerprint density at radius 3 is 2.08 bits per heavy atom. The maximum atomic E-state index is 5.68. The van der Waals surface area contributed by atoms with Crippen molar-refractivity contribution >= 4 is 46.4 Å². The van der Waals surface area contributed by atoms with Gasteiger partial charge in [0.1, 0.15) is 9.67 Å². The molecule has 0 nitrogen and oxygen atoms in total. The molecule has 0 atom stereocenters. The summed E-state index contributed by atoms with van der Waals surface area (Å²) < 4.78 is 0. The van der Waals surface area contributed by atoms with Crippen molar-refractivity contribution in [1.82, 2.24) is 0 Å². The van der Waals surface area contributed by atoms with E-state index in [1.54, 1.807) is 18.2 Å². The largest absolute Gasteiger partial charge is 0.133 e. The Balaban J connectivity index is 3.11. The van der Waals surface area contributed by atoms with Gasteiger partial charge in [-0.2, -0.15) is 0 Å². The van der Waals surface area contributed by atoms with Crippen LogP contribution in [0.5, 0.6) is 0 Å². The van der Waals surface area contributed by atoms with Crippen LogP contribution in [-0.4, -0.2) is 0 Å². The molecule has 0 aliphatic carbocycles. The predicted molar refractivity (Wildman–Crippen MR) is 58.7 cm³/mol. The second-order valence-electron chi connectivity index (χ2n) is 2.49. The first kappa shape index (κ1) is 11.5. The zero-order valence-electron chi connectivity index (χ0n) is 6.48. The van der Waals surface area contributed by atoms with Crippen LogP contribution in [0.1, 0.15) is 26.4 Å². The molecule has 0 aliphatic rings. The maximum Gasteiger partial charge on any atom is 0.133 e. The van der Waals surface area contributed by atoms with Crippen LogP contribution in [0.15, 0.2) is 18.2 Å². The van der Waals surface area contributed by atoms with Gasteiger partial charge < -0.3 is 0 Å². The minimum atomic E-state index is -0.660. The lowest BCUT2D eigenvalue weighted by molar-refractivity contribution is 1.25. The summed E-state index contributed by atoms with van der Waals surface area (Å²) in [6.07, 6.45) is 0. The second-order valence-corrected chi connectivity index (χ2v) is 4.68. The van der Waals surface area contributed by atoms with Gasteiger partial charge in [0.15, 0.2) is 0 Å². The van der Waals surface area contributed by atoms with Gasteiger partial charge in [0.05, 0.1) is 0 Å². The van der Waals surface area contributed by atoms with Gasteiger partial charge in [0.25, 0.3) is 0 Å². The molecule has 0 N–H and O–H groups in total. The molecule has 0 unspecified atom stereocenters. The van der Waals surface area contributed by atoms with E-state index < -0.39 is 9.67 Å². The zero-order chi connectivity index (χ0) is 10.0. The molecule has 0 saturated carbocycles. The topological polar surface area (TPSA) is 0 Å². The molecule has 1 aromatic rings. The molecule has 0 heterocycles. The van der Waals surface area contributed by atoms with E-state index in [1.165, 1.54) is 0 Å². The van der Waals surface area contributed by atoms with Crippen molar-refractivity contribution in [3.05, 3.63) is 41.8 Å². The molecule has 0 aromatic heterocycles. The molecule has 0 saturated heterocycles. The SMILES string of the molecule is [CH]c1ccc(C(Cl)Cl)cc1C(Cl)Cl. The quantitative estimate of drug-likeness (QED) is 0.673. The van der Waals surface area contributed by atoms with E-state index in [2.05, 4.69) is 0 Å². The van der Waals surface area contributed by atoms with Crippen molar-refractivity contribution in [2.75, 3.05) is 0 Å². The Morgan fingerprint density at radius 2 is 1.62 bits per heavy atom. The summed E-state index contributed by atoms with van der Waals surface area (Å²) in [5.74, 6) is 0. The summed E-state index contributed by atoms with van der Waals surface area (Å²) in [5.41, 5.74) is 1.90.